The summed E-state index contributed by atoms with van der Waals surface area (Å²) in [5.41, 5.74) is 1.66. The largest absolute Gasteiger partial charge is 0.392 e. The molecule has 0 aliphatic heterocycles. The third kappa shape index (κ3) is 5.46. The summed E-state index contributed by atoms with van der Waals surface area (Å²) in [5, 5.41) is 20.6. The Morgan fingerprint density at radius 2 is 1.62 bits per heavy atom. The van der Waals surface area contributed by atoms with Crippen molar-refractivity contribution in [2.24, 2.45) is 0 Å². The molecule has 9 heteroatoms. The molecule has 0 radical (unpaired) electrons. The van der Waals surface area contributed by atoms with Gasteiger partial charge in [0.05, 0.1) is 17.1 Å². The van der Waals surface area contributed by atoms with Crippen molar-refractivity contribution in [2.75, 3.05) is 6.26 Å². The highest BCUT2D eigenvalue weighted by molar-refractivity contribution is 7.90. The number of rotatable bonds is 7. The predicted octanol–water partition coefficient (Wildman–Crippen LogP) is 6.83. The zero-order valence-electron chi connectivity index (χ0n) is 23.2. The molecule has 0 bridgehead atoms. The van der Waals surface area contributed by atoms with Crippen molar-refractivity contribution in [3.63, 3.8) is 0 Å². The van der Waals surface area contributed by atoms with E-state index in [0.717, 1.165) is 17.5 Å². The molecule has 0 fully saturated rings. The van der Waals surface area contributed by atoms with E-state index in [-0.39, 0.29) is 15.5 Å². The topological polar surface area (TPSA) is 79.5 Å². The second-order valence-corrected chi connectivity index (χ2v) is 13.5. The summed E-state index contributed by atoms with van der Waals surface area (Å²) in [6.45, 7) is 8.16. The maximum absolute atomic E-state index is 15.1. The predicted molar refractivity (Wildman–Crippen MR) is 154 cm³/mol. The van der Waals surface area contributed by atoms with Gasteiger partial charge >= 0.3 is 0 Å². The van der Waals surface area contributed by atoms with Gasteiger partial charge in [-0.1, -0.05) is 37.6 Å². The average molecular weight is 588 g/mol. The minimum absolute atomic E-state index is 0.266. The molecule has 5 nitrogen and oxygen atoms in total. The zero-order chi connectivity index (χ0) is 29.8. The van der Waals surface area contributed by atoms with Gasteiger partial charge in [-0.15, -0.1) is 0 Å². The van der Waals surface area contributed by atoms with Crippen LogP contribution < -0.4 is 0 Å². The van der Waals surface area contributed by atoms with Crippen molar-refractivity contribution in [3.05, 3.63) is 105 Å². The second-order valence-electron chi connectivity index (χ2n) is 11.1. The number of hydrogen-bond acceptors (Lipinski definition) is 4. The monoisotopic (exact) mass is 587 g/mol. The highest BCUT2D eigenvalue weighted by Gasteiger charge is 2.34. The maximum Gasteiger partial charge on any atom is 0.176 e. The number of nitrogens with zero attached hydrogens (tertiary/aromatic N) is 1. The van der Waals surface area contributed by atoms with E-state index in [0.29, 0.717) is 27.9 Å². The molecule has 0 spiro atoms. The average Bonchev–Trinajstić information content (AvgIpc) is 3.29. The Hall–Kier alpha value is -3.04. The fourth-order valence-corrected chi connectivity index (χ4v) is 6.42. The van der Waals surface area contributed by atoms with Crippen molar-refractivity contribution in [1.29, 1.82) is 0 Å². The van der Waals surface area contributed by atoms with Crippen LogP contribution in [0.4, 0.5) is 8.78 Å². The van der Waals surface area contributed by atoms with Crippen LogP contribution in [0.3, 0.4) is 0 Å². The number of aryl methyl sites for hydroxylation is 1. The van der Waals surface area contributed by atoms with Gasteiger partial charge in [0, 0.05) is 51.0 Å². The van der Waals surface area contributed by atoms with Crippen LogP contribution in [0.1, 0.15) is 55.6 Å². The van der Waals surface area contributed by atoms with E-state index in [4.69, 9.17) is 11.6 Å². The lowest BCUT2D eigenvalue weighted by atomic mass is 9.80. The summed E-state index contributed by atoms with van der Waals surface area (Å²) in [4.78, 5) is -0.266. The fourth-order valence-electron chi connectivity index (χ4n) is 5.07. The lowest BCUT2D eigenvalue weighted by Gasteiger charge is -2.29. The van der Waals surface area contributed by atoms with Gasteiger partial charge in [-0.2, -0.15) is 0 Å². The molecular weight excluding hydrogens is 556 g/mol. The number of aliphatic hydroxyl groups excluding tert-OH is 1. The zero-order valence-corrected chi connectivity index (χ0v) is 24.8. The molecule has 3 aromatic carbocycles. The van der Waals surface area contributed by atoms with Gasteiger partial charge < -0.3 is 14.8 Å². The number of aromatic nitrogens is 1. The lowest BCUT2D eigenvalue weighted by Crippen LogP contribution is -2.25. The van der Waals surface area contributed by atoms with Crippen molar-refractivity contribution in [3.8, 4) is 16.8 Å². The molecule has 0 saturated carbocycles. The summed E-state index contributed by atoms with van der Waals surface area (Å²) in [6, 6.07) is 14.3. The van der Waals surface area contributed by atoms with Crippen LogP contribution in [-0.2, 0) is 27.5 Å². The van der Waals surface area contributed by atoms with Crippen molar-refractivity contribution in [1.82, 2.24) is 4.57 Å². The molecular formula is C31H32ClF2NO4S. The van der Waals surface area contributed by atoms with Gasteiger partial charge in [-0.05, 0) is 79.9 Å². The van der Waals surface area contributed by atoms with Crippen LogP contribution in [0, 0.1) is 18.6 Å². The van der Waals surface area contributed by atoms with Crippen LogP contribution in [0.15, 0.2) is 65.7 Å². The molecule has 1 heterocycles. The molecule has 0 atom stereocenters. The van der Waals surface area contributed by atoms with Crippen molar-refractivity contribution >= 4 is 21.4 Å². The fraction of sp³-hybridized carbons (Fsp3) is 0.290. The van der Waals surface area contributed by atoms with Gasteiger partial charge in [-0.3, -0.25) is 0 Å². The minimum Gasteiger partial charge on any atom is -0.392 e. The summed E-state index contributed by atoms with van der Waals surface area (Å²) < 4.78 is 56.4. The van der Waals surface area contributed by atoms with Crippen LogP contribution in [0.25, 0.3) is 16.8 Å². The molecule has 0 unspecified atom stereocenters. The molecule has 4 rings (SSSR count). The van der Waals surface area contributed by atoms with Crippen LogP contribution >= 0.6 is 11.6 Å². The molecule has 1 aromatic heterocycles. The molecule has 40 heavy (non-hydrogen) atoms. The molecule has 4 aromatic rings. The van der Waals surface area contributed by atoms with Crippen molar-refractivity contribution < 1.29 is 27.4 Å². The molecule has 2 N–H and O–H groups in total. The van der Waals surface area contributed by atoms with E-state index in [1.54, 1.807) is 50.4 Å². The summed E-state index contributed by atoms with van der Waals surface area (Å²) >= 11 is 6.47. The van der Waals surface area contributed by atoms with Gasteiger partial charge in [-0.25, -0.2) is 17.2 Å². The van der Waals surface area contributed by atoms with Gasteiger partial charge in [0.25, 0.3) is 0 Å². The van der Waals surface area contributed by atoms with E-state index in [1.807, 2.05) is 31.4 Å². The Balaban J connectivity index is 1.92. The molecule has 0 aliphatic rings. The molecule has 0 aliphatic carbocycles. The summed E-state index contributed by atoms with van der Waals surface area (Å²) in [6.07, 6.45) is 2.77. The quantitative estimate of drug-likeness (QED) is 0.248. The Morgan fingerprint density at radius 1 is 0.950 bits per heavy atom. The van der Waals surface area contributed by atoms with Crippen LogP contribution in [0.5, 0.6) is 0 Å². The maximum atomic E-state index is 15.1. The second kappa shape index (κ2) is 10.4. The van der Waals surface area contributed by atoms with Gasteiger partial charge in [0.15, 0.2) is 9.84 Å². The number of hydrogen-bond donors (Lipinski definition) is 2. The number of aliphatic hydroxyl groups is 2. The van der Waals surface area contributed by atoms with E-state index < -0.39 is 39.1 Å². The molecule has 212 valence electrons. The van der Waals surface area contributed by atoms with Crippen LogP contribution in [-0.4, -0.2) is 29.5 Å². The standard InChI is InChI=1S/C31H32ClF2NO4S/c1-18-12-19(20-13-25(34)22(17-36)27(14-20)40(6,38)39)10-11-26(18)35-16-21(31(4,5)37)15-28(35)30(2,3)29-23(32)8-7-9-24(29)33/h7-16,36-37H,17H2,1-6H3. The van der Waals surface area contributed by atoms with Gasteiger partial charge in [0.2, 0.25) is 0 Å². The van der Waals surface area contributed by atoms with E-state index in [2.05, 4.69) is 0 Å². The Bertz CT molecular complexity index is 1700. The Morgan fingerprint density at radius 3 is 2.17 bits per heavy atom. The minimum atomic E-state index is -3.80. The summed E-state index contributed by atoms with van der Waals surface area (Å²) in [7, 11) is -3.80. The van der Waals surface area contributed by atoms with Gasteiger partial charge in [0.1, 0.15) is 11.6 Å². The first-order chi connectivity index (χ1) is 18.5. The first-order valence-electron chi connectivity index (χ1n) is 12.6. The number of halogens is 3. The number of sulfone groups is 1. The molecule has 0 amide bonds. The normalized spacial score (nSPS) is 12.7. The lowest BCUT2D eigenvalue weighted by molar-refractivity contribution is 0.0786. The third-order valence-electron chi connectivity index (χ3n) is 7.26. The number of benzene rings is 3. The first-order valence-corrected chi connectivity index (χ1v) is 14.9. The Labute approximate surface area is 238 Å². The summed E-state index contributed by atoms with van der Waals surface area (Å²) in [5.74, 6) is -1.26. The smallest absolute Gasteiger partial charge is 0.176 e. The van der Waals surface area contributed by atoms with E-state index >= 15 is 4.39 Å². The van der Waals surface area contributed by atoms with Crippen molar-refractivity contribution in [2.45, 2.75) is 57.1 Å². The van der Waals surface area contributed by atoms with Crippen LogP contribution in [0.2, 0.25) is 5.02 Å². The van der Waals surface area contributed by atoms with E-state index in [1.165, 1.54) is 18.2 Å². The third-order valence-corrected chi connectivity index (χ3v) is 8.73. The SMILES string of the molecule is Cc1cc(-c2cc(F)c(CO)c(S(C)(=O)=O)c2)ccc1-n1cc(C(C)(C)O)cc1C(C)(C)c1c(F)cccc1Cl. The molecule has 0 saturated heterocycles. The highest BCUT2D eigenvalue weighted by atomic mass is 35.5. The Kier molecular flexibility index (Phi) is 7.79. The first kappa shape index (κ1) is 29.9. The van der Waals surface area contributed by atoms with E-state index in [9.17, 15) is 23.0 Å². The highest BCUT2D eigenvalue weighted by Crippen LogP contribution is 2.41.